The Labute approximate surface area is 106 Å². The Morgan fingerprint density at radius 3 is 1.88 bits per heavy atom. The molecule has 0 aromatic carbocycles. The summed E-state index contributed by atoms with van der Waals surface area (Å²) in [4.78, 5) is 0. The first-order chi connectivity index (χ1) is 7.52. The lowest BCUT2D eigenvalue weighted by atomic mass is 9.83. The molecule has 1 aliphatic heterocycles. The van der Waals surface area contributed by atoms with Crippen LogP contribution in [0.3, 0.4) is 0 Å². The average Bonchev–Trinajstić information content (AvgIpc) is 2.34. The van der Waals surface area contributed by atoms with Crippen LogP contribution in [0.5, 0.6) is 0 Å². The second-order valence-corrected chi connectivity index (χ2v) is 6.19. The molecule has 0 atom stereocenters. The van der Waals surface area contributed by atoms with Gasteiger partial charge < -0.3 is 14.0 Å². The van der Waals surface area contributed by atoms with Crippen molar-refractivity contribution in [2.45, 2.75) is 65.3 Å². The van der Waals surface area contributed by atoms with Crippen molar-refractivity contribution in [2.75, 3.05) is 7.11 Å². The van der Waals surface area contributed by atoms with Crippen LogP contribution in [0.15, 0.2) is 11.5 Å². The first-order valence-electron chi connectivity index (χ1n) is 6.11. The zero-order valence-corrected chi connectivity index (χ0v) is 12.4. The molecular weight excluding hydrogens is 215 g/mol. The van der Waals surface area contributed by atoms with E-state index < -0.39 is 0 Å². The molecule has 0 saturated carbocycles. The van der Waals surface area contributed by atoms with E-state index in [0.717, 1.165) is 5.57 Å². The lowest BCUT2D eigenvalue weighted by Crippen LogP contribution is -2.41. The number of rotatable bonds is 3. The van der Waals surface area contributed by atoms with Gasteiger partial charge >= 0.3 is 7.12 Å². The van der Waals surface area contributed by atoms with E-state index in [4.69, 9.17) is 14.0 Å². The van der Waals surface area contributed by atoms with E-state index in [1.807, 2.05) is 26.7 Å². The summed E-state index contributed by atoms with van der Waals surface area (Å²) >= 11 is 0. The molecule has 0 N–H and O–H groups in total. The highest BCUT2D eigenvalue weighted by Gasteiger charge is 2.50. The Balaban J connectivity index is 2.84. The van der Waals surface area contributed by atoms with E-state index in [-0.39, 0.29) is 23.9 Å². The monoisotopic (exact) mass is 240 g/mol. The molecule has 0 aromatic heterocycles. The molecule has 0 spiro atoms. The predicted octanol–water partition coefficient (Wildman–Crippen LogP) is 2.99. The summed E-state index contributed by atoms with van der Waals surface area (Å²) in [6.45, 7) is 14.3. The summed E-state index contributed by atoms with van der Waals surface area (Å²) in [6.07, 6.45) is 0. The van der Waals surface area contributed by atoms with Gasteiger partial charge in [0.15, 0.2) is 0 Å². The van der Waals surface area contributed by atoms with Gasteiger partial charge in [-0.15, -0.1) is 0 Å². The van der Waals surface area contributed by atoms with Crippen molar-refractivity contribution in [1.82, 2.24) is 0 Å². The van der Waals surface area contributed by atoms with Crippen molar-refractivity contribution in [3.63, 3.8) is 0 Å². The summed E-state index contributed by atoms with van der Waals surface area (Å²) in [6, 6.07) is 0. The van der Waals surface area contributed by atoms with Crippen molar-refractivity contribution in [3.8, 4) is 0 Å². The summed E-state index contributed by atoms with van der Waals surface area (Å²) < 4.78 is 17.3. The Kier molecular flexibility index (Phi) is 3.83. The molecule has 0 aliphatic carbocycles. The van der Waals surface area contributed by atoms with Crippen molar-refractivity contribution >= 4 is 7.12 Å². The van der Waals surface area contributed by atoms with Crippen molar-refractivity contribution in [1.29, 1.82) is 0 Å². The predicted molar refractivity (Wildman–Crippen MR) is 70.9 cm³/mol. The van der Waals surface area contributed by atoms with Crippen LogP contribution in [0.1, 0.15) is 48.5 Å². The summed E-state index contributed by atoms with van der Waals surface area (Å²) in [5.41, 5.74) is 0.250. The van der Waals surface area contributed by atoms with E-state index in [9.17, 15) is 0 Å². The molecule has 1 aliphatic rings. The molecule has 4 heteroatoms. The van der Waals surface area contributed by atoms with E-state index in [1.165, 1.54) is 0 Å². The van der Waals surface area contributed by atoms with E-state index in [1.54, 1.807) is 7.11 Å². The smallest absolute Gasteiger partial charge is 0.400 e. The quantitative estimate of drug-likeness (QED) is 0.710. The molecule has 0 amide bonds. The summed E-state index contributed by atoms with van der Waals surface area (Å²) in [5, 5.41) is 0. The van der Waals surface area contributed by atoms with Crippen molar-refractivity contribution in [2.24, 2.45) is 0 Å². The third-order valence-corrected chi connectivity index (χ3v) is 4.12. The third-order valence-electron chi connectivity index (χ3n) is 4.12. The molecule has 3 nitrogen and oxygen atoms in total. The maximum Gasteiger partial charge on any atom is 0.487 e. The van der Waals surface area contributed by atoms with Crippen LogP contribution in [-0.2, 0) is 14.0 Å². The zero-order chi connectivity index (χ0) is 13.5. The molecule has 0 radical (unpaired) electrons. The van der Waals surface area contributed by atoms with Crippen LogP contribution in [0, 0.1) is 0 Å². The first-order valence-corrected chi connectivity index (χ1v) is 6.11. The third kappa shape index (κ3) is 2.93. The van der Waals surface area contributed by atoms with Gasteiger partial charge in [0.05, 0.1) is 16.8 Å². The van der Waals surface area contributed by atoms with E-state index in [2.05, 4.69) is 27.7 Å². The Morgan fingerprint density at radius 2 is 1.53 bits per heavy atom. The molecule has 98 valence electrons. The van der Waals surface area contributed by atoms with Crippen molar-refractivity contribution < 1.29 is 14.0 Å². The first kappa shape index (κ1) is 14.7. The van der Waals surface area contributed by atoms with Gasteiger partial charge in [0, 0.05) is 7.11 Å². The Bertz CT molecular complexity index is 303. The number of methoxy groups -OCH3 is 1. The Hall–Kier alpha value is -0.315. The van der Waals surface area contributed by atoms with Gasteiger partial charge in [0.25, 0.3) is 0 Å². The number of hydrogen-bond donors (Lipinski definition) is 0. The fraction of sp³-hybridized carbons (Fsp3) is 0.846. The highest BCUT2D eigenvalue weighted by molar-refractivity contribution is 6.51. The summed E-state index contributed by atoms with van der Waals surface area (Å²) in [7, 11) is 1.41. The van der Waals surface area contributed by atoms with Crippen LogP contribution in [0.2, 0.25) is 0 Å². The zero-order valence-electron chi connectivity index (χ0n) is 12.4. The normalized spacial score (nSPS) is 24.2. The van der Waals surface area contributed by atoms with Gasteiger partial charge in [0.2, 0.25) is 0 Å². The molecule has 1 heterocycles. The molecule has 0 unspecified atom stereocenters. The largest absolute Gasteiger partial charge is 0.487 e. The lowest BCUT2D eigenvalue weighted by molar-refractivity contribution is 0.00578. The van der Waals surface area contributed by atoms with Gasteiger partial charge in [-0.25, -0.2) is 0 Å². The second kappa shape index (κ2) is 4.41. The van der Waals surface area contributed by atoms with Gasteiger partial charge in [0.1, 0.15) is 0 Å². The SMILES string of the molecule is COC(C)(C)/C(C)=C/B1OC(C)(C)C(C)(C)O1. The number of ether oxygens (including phenoxy) is 1. The van der Waals surface area contributed by atoms with E-state index >= 15 is 0 Å². The Morgan fingerprint density at radius 1 is 1.12 bits per heavy atom. The molecule has 1 rings (SSSR count). The molecule has 1 fully saturated rings. The maximum absolute atomic E-state index is 5.92. The fourth-order valence-corrected chi connectivity index (χ4v) is 1.52. The van der Waals surface area contributed by atoms with Crippen LogP contribution in [0.4, 0.5) is 0 Å². The van der Waals surface area contributed by atoms with Gasteiger partial charge in [-0.2, -0.15) is 0 Å². The van der Waals surface area contributed by atoms with Crippen LogP contribution < -0.4 is 0 Å². The number of hydrogen-bond acceptors (Lipinski definition) is 3. The van der Waals surface area contributed by atoms with Crippen molar-refractivity contribution in [3.05, 3.63) is 11.5 Å². The topological polar surface area (TPSA) is 27.7 Å². The summed E-state index contributed by atoms with van der Waals surface area (Å²) in [5.74, 6) is 2.00. The molecular formula is C13H25BO3. The molecule has 0 aromatic rings. The minimum Gasteiger partial charge on any atom is -0.400 e. The fourth-order valence-electron chi connectivity index (χ4n) is 1.52. The minimum atomic E-state index is -0.297. The van der Waals surface area contributed by atoms with Gasteiger partial charge in [-0.3, -0.25) is 0 Å². The van der Waals surface area contributed by atoms with Gasteiger partial charge in [-0.1, -0.05) is 5.98 Å². The highest BCUT2D eigenvalue weighted by Crippen LogP contribution is 2.37. The van der Waals surface area contributed by atoms with Crippen LogP contribution >= 0.6 is 0 Å². The molecule has 17 heavy (non-hydrogen) atoms. The standard InChI is InChI=1S/C13H25BO3/c1-10(11(2,3)15-8)9-14-16-12(4,5)13(6,7)17-14/h9H,1-8H3/b10-9+. The van der Waals surface area contributed by atoms with Crippen LogP contribution in [0.25, 0.3) is 0 Å². The lowest BCUT2D eigenvalue weighted by Gasteiger charge is -2.32. The molecule has 0 bridgehead atoms. The second-order valence-electron chi connectivity index (χ2n) is 6.19. The maximum atomic E-state index is 5.92. The van der Waals surface area contributed by atoms with E-state index in [0.29, 0.717) is 0 Å². The minimum absolute atomic E-state index is 0.286. The molecule has 1 saturated heterocycles. The average molecular weight is 240 g/mol. The van der Waals surface area contributed by atoms with Crippen LogP contribution in [-0.4, -0.2) is 31.0 Å². The van der Waals surface area contributed by atoms with Gasteiger partial charge in [-0.05, 0) is 54.0 Å². The highest BCUT2D eigenvalue weighted by atomic mass is 16.7.